The van der Waals surface area contributed by atoms with E-state index < -0.39 is 0 Å². The van der Waals surface area contributed by atoms with E-state index in [0.29, 0.717) is 0 Å². The molecule has 0 radical (unpaired) electrons. The van der Waals surface area contributed by atoms with Crippen LogP contribution in [0.4, 0.5) is 0 Å². The number of hydrogen-bond acceptors (Lipinski definition) is 3. The van der Waals surface area contributed by atoms with Crippen molar-refractivity contribution < 1.29 is 4.74 Å². The van der Waals surface area contributed by atoms with Crippen LogP contribution in [0, 0.1) is 0 Å². The molecule has 0 saturated heterocycles. The van der Waals surface area contributed by atoms with Crippen molar-refractivity contribution in [2.24, 2.45) is 5.73 Å². The number of hydrogen-bond donors (Lipinski definition) is 1. The van der Waals surface area contributed by atoms with Gasteiger partial charge < -0.3 is 10.5 Å². The Balaban J connectivity index is 2.24. The van der Waals surface area contributed by atoms with Crippen LogP contribution in [-0.2, 0) is 12.2 Å². The number of ether oxygens (including phenoxy) is 1. The Morgan fingerprint density at radius 2 is 2.40 bits per heavy atom. The van der Waals surface area contributed by atoms with Crippen molar-refractivity contribution in [3.8, 4) is 5.75 Å². The van der Waals surface area contributed by atoms with Crippen molar-refractivity contribution in [3.05, 3.63) is 27.2 Å². The fourth-order valence-corrected chi connectivity index (χ4v) is 4.14. The predicted octanol–water partition coefficient (Wildman–Crippen LogP) is 2.63. The molecule has 1 atom stereocenters. The number of benzene rings is 1. The Bertz CT molecular complexity index is 422. The summed E-state index contributed by atoms with van der Waals surface area (Å²) in [5, 5.41) is 0. The van der Waals surface area contributed by atoms with Crippen LogP contribution in [0.15, 0.2) is 10.5 Å². The number of thioether (sulfide) groups is 1. The van der Waals surface area contributed by atoms with Gasteiger partial charge in [0.2, 0.25) is 0 Å². The molecule has 1 aromatic rings. The van der Waals surface area contributed by atoms with Crippen molar-refractivity contribution in [3.63, 3.8) is 0 Å². The minimum atomic E-state index is 0.141. The lowest BCUT2D eigenvalue weighted by atomic mass is 9.98. The molecular weight excluding hydrogens is 274 g/mol. The van der Waals surface area contributed by atoms with E-state index in [1.54, 1.807) is 0 Å². The zero-order chi connectivity index (χ0) is 10.4. The monoisotopic (exact) mass is 285 g/mol. The highest BCUT2D eigenvalue weighted by Crippen LogP contribution is 2.44. The minimum Gasteiger partial charge on any atom is -0.493 e. The van der Waals surface area contributed by atoms with Gasteiger partial charge in [-0.1, -0.05) is 15.9 Å². The minimum absolute atomic E-state index is 0.141. The second-order valence-electron chi connectivity index (χ2n) is 3.96. The average molecular weight is 286 g/mol. The summed E-state index contributed by atoms with van der Waals surface area (Å²) in [7, 11) is 0. The summed E-state index contributed by atoms with van der Waals surface area (Å²) in [5.41, 5.74) is 10.0. The Morgan fingerprint density at radius 1 is 1.53 bits per heavy atom. The molecule has 0 saturated carbocycles. The molecule has 0 unspecified atom stereocenters. The summed E-state index contributed by atoms with van der Waals surface area (Å²) in [6.07, 6.45) is 1.03. The average Bonchev–Trinajstić information content (AvgIpc) is 2.65. The molecule has 0 amide bonds. The van der Waals surface area contributed by atoms with E-state index in [0.717, 1.165) is 34.8 Å². The van der Waals surface area contributed by atoms with Crippen molar-refractivity contribution in [1.82, 2.24) is 0 Å². The molecule has 0 fully saturated rings. The van der Waals surface area contributed by atoms with Crippen molar-refractivity contribution >= 4 is 27.7 Å². The van der Waals surface area contributed by atoms with Crippen LogP contribution in [0.25, 0.3) is 0 Å². The highest BCUT2D eigenvalue weighted by molar-refractivity contribution is 9.10. The first-order valence-corrected chi connectivity index (χ1v) is 7.02. The lowest BCUT2D eigenvalue weighted by Crippen LogP contribution is -2.20. The van der Waals surface area contributed by atoms with Crippen LogP contribution >= 0.6 is 27.7 Å². The fourth-order valence-electron chi connectivity index (χ4n) is 2.30. The first-order valence-electron chi connectivity index (χ1n) is 5.07. The van der Waals surface area contributed by atoms with E-state index in [9.17, 15) is 0 Å². The van der Waals surface area contributed by atoms with Gasteiger partial charge in [0.15, 0.2) is 0 Å². The molecule has 2 aliphatic heterocycles. The molecule has 15 heavy (non-hydrogen) atoms. The number of rotatable bonds is 0. The third-order valence-electron chi connectivity index (χ3n) is 2.98. The van der Waals surface area contributed by atoms with Gasteiger partial charge >= 0.3 is 0 Å². The molecule has 0 bridgehead atoms. The Hall–Kier alpha value is -0.190. The zero-order valence-corrected chi connectivity index (χ0v) is 10.7. The van der Waals surface area contributed by atoms with Gasteiger partial charge in [0, 0.05) is 34.0 Å². The summed E-state index contributed by atoms with van der Waals surface area (Å²) >= 11 is 5.53. The van der Waals surface area contributed by atoms with E-state index in [1.807, 2.05) is 11.8 Å². The van der Waals surface area contributed by atoms with Gasteiger partial charge in [-0.3, -0.25) is 0 Å². The molecule has 2 nitrogen and oxygen atoms in total. The second-order valence-corrected chi connectivity index (χ2v) is 5.84. The summed E-state index contributed by atoms with van der Waals surface area (Å²) < 4.78 is 6.87. The summed E-state index contributed by atoms with van der Waals surface area (Å²) in [6, 6.07) is 2.32. The molecule has 2 N–H and O–H groups in total. The lowest BCUT2D eigenvalue weighted by Gasteiger charge is -2.25. The van der Waals surface area contributed by atoms with E-state index >= 15 is 0 Å². The first-order chi connectivity index (χ1) is 7.27. The quantitative estimate of drug-likeness (QED) is 0.796. The maximum absolute atomic E-state index is 6.13. The Kier molecular flexibility index (Phi) is 2.45. The third kappa shape index (κ3) is 1.50. The van der Waals surface area contributed by atoms with Crippen LogP contribution in [0.1, 0.15) is 22.7 Å². The normalized spacial score (nSPS) is 23.2. The maximum Gasteiger partial charge on any atom is 0.127 e. The molecule has 4 heteroatoms. The number of fused-ring (bicyclic) bond motifs is 3. The molecule has 3 rings (SSSR count). The molecule has 1 aromatic carbocycles. The summed E-state index contributed by atoms with van der Waals surface area (Å²) in [4.78, 5) is 0. The standard InChI is InChI=1S/C11H12BrNOS/c12-8-3-6-1-2-14-11(6)7-4-15-5-9(13)10(7)8/h3,9H,1-2,4-5,13H2/t9-/m0/s1. The number of halogens is 1. The fraction of sp³-hybridized carbons (Fsp3) is 0.455. The lowest BCUT2D eigenvalue weighted by molar-refractivity contribution is 0.353. The van der Waals surface area contributed by atoms with Crippen LogP contribution in [0.5, 0.6) is 5.75 Å². The molecule has 2 heterocycles. The van der Waals surface area contributed by atoms with Gasteiger partial charge in [-0.05, 0) is 17.2 Å². The van der Waals surface area contributed by atoms with Crippen molar-refractivity contribution in [1.29, 1.82) is 0 Å². The molecule has 80 valence electrons. The van der Waals surface area contributed by atoms with Gasteiger partial charge in [0.25, 0.3) is 0 Å². The molecular formula is C11H12BrNOS. The van der Waals surface area contributed by atoms with Crippen LogP contribution in [0.3, 0.4) is 0 Å². The van der Waals surface area contributed by atoms with E-state index in [4.69, 9.17) is 10.5 Å². The summed E-state index contributed by atoms with van der Waals surface area (Å²) in [5.74, 6) is 3.14. The topological polar surface area (TPSA) is 35.2 Å². The van der Waals surface area contributed by atoms with E-state index in [-0.39, 0.29) is 6.04 Å². The van der Waals surface area contributed by atoms with Gasteiger partial charge in [0.05, 0.1) is 6.61 Å². The maximum atomic E-state index is 6.13. The summed E-state index contributed by atoms with van der Waals surface area (Å²) in [6.45, 7) is 0.818. The molecule has 0 spiro atoms. The first kappa shape index (κ1) is 10.00. The molecule has 0 aliphatic carbocycles. The van der Waals surface area contributed by atoms with Crippen LogP contribution in [0.2, 0.25) is 0 Å². The Morgan fingerprint density at radius 3 is 3.27 bits per heavy atom. The number of nitrogens with two attached hydrogens (primary N) is 1. The highest BCUT2D eigenvalue weighted by Gasteiger charge is 2.27. The smallest absolute Gasteiger partial charge is 0.127 e. The van der Waals surface area contributed by atoms with Crippen molar-refractivity contribution in [2.45, 2.75) is 18.2 Å². The van der Waals surface area contributed by atoms with Crippen molar-refractivity contribution in [2.75, 3.05) is 12.4 Å². The van der Waals surface area contributed by atoms with Gasteiger partial charge in [0.1, 0.15) is 5.75 Å². The third-order valence-corrected chi connectivity index (χ3v) is 4.73. The van der Waals surface area contributed by atoms with Gasteiger partial charge in [-0.2, -0.15) is 11.8 Å². The molecule has 0 aromatic heterocycles. The van der Waals surface area contributed by atoms with Gasteiger partial charge in [-0.25, -0.2) is 0 Å². The molecule has 2 aliphatic rings. The SMILES string of the molecule is N[C@H]1CSCc2c3c(cc(Br)c21)CCO3. The largest absolute Gasteiger partial charge is 0.493 e. The van der Waals surface area contributed by atoms with E-state index in [1.165, 1.54) is 16.7 Å². The second kappa shape index (κ2) is 3.68. The zero-order valence-electron chi connectivity index (χ0n) is 8.25. The van der Waals surface area contributed by atoms with Crippen LogP contribution in [-0.4, -0.2) is 12.4 Å². The van der Waals surface area contributed by atoms with E-state index in [2.05, 4.69) is 22.0 Å². The highest BCUT2D eigenvalue weighted by atomic mass is 79.9. The van der Waals surface area contributed by atoms with Gasteiger partial charge in [-0.15, -0.1) is 0 Å². The Labute approximate surface area is 102 Å². The predicted molar refractivity (Wildman–Crippen MR) is 66.4 cm³/mol. The van der Waals surface area contributed by atoms with Crippen LogP contribution < -0.4 is 10.5 Å².